The highest BCUT2D eigenvalue weighted by Gasteiger charge is 2.10. The number of hydrogen-bond donors (Lipinski definition) is 3. The number of aryl methyl sites for hydroxylation is 2. The van der Waals surface area contributed by atoms with Crippen molar-refractivity contribution in [3.8, 4) is 0 Å². The molecule has 21 heavy (non-hydrogen) atoms. The van der Waals surface area contributed by atoms with Crippen molar-refractivity contribution in [2.45, 2.75) is 20.4 Å². The molecule has 0 aliphatic heterocycles. The molecule has 0 aromatic heterocycles. The summed E-state index contributed by atoms with van der Waals surface area (Å²) in [6, 6.07) is 13.1. The van der Waals surface area contributed by atoms with Gasteiger partial charge in [0.15, 0.2) is 0 Å². The molecule has 2 aromatic carbocycles. The Morgan fingerprint density at radius 3 is 1.86 bits per heavy atom. The van der Waals surface area contributed by atoms with Gasteiger partial charge in [0.25, 0.3) is 0 Å². The van der Waals surface area contributed by atoms with E-state index in [2.05, 4.69) is 0 Å². The molecule has 0 saturated carbocycles. The van der Waals surface area contributed by atoms with E-state index in [1.807, 2.05) is 42.5 Å². The van der Waals surface area contributed by atoms with E-state index in [4.69, 9.17) is 16.6 Å². The average Bonchev–Trinajstić information content (AvgIpc) is 2.39. The molecule has 114 valence electrons. The zero-order valence-electron chi connectivity index (χ0n) is 12.2. The third kappa shape index (κ3) is 5.85. The highest BCUT2D eigenvalue weighted by molar-refractivity contribution is 5.91. The van der Waals surface area contributed by atoms with Gasteiger partial charge in [0, 0.05) is 12.2 Å². The van der Waals surface area contributed by atoms with Crippen LogP contribution < -0.4 is 11.5 Å². The van der Waals surface area contributed by atoms with E-state index >= 15 is 0 Å². The Labute approximate surface area is 131 Å². The van der Waals surface area contributed by atoms with Gasteiger partial charge in [-0.2, -0.15) is 0 Å². The Bertz CT molecular complexity index is 563. The van der Waals surface area contributed by atoms with Crippen molar-refractivity contribution in [2.24, 2.45) is 5.73 Å². The first-order chi connectivity index (χ1) is 9.45. The highest BCUT2D eigenvalue weighted by atomic mass is 35.5. The summed E-state index contributed by atoms with van der Waals surface area (Å²) in [6.07, 6.45) is 0. The third-order valence-electron chi connectivity index (χ3n) is 2.84. The molecule has 0 unspecified atom stereocenters. The SMILES string of the molecule is Cc1cc(CN)cc(C)c1C(=O)O.Cl.Nc1ccccc1. The number of carbonyl (C=O) groups is 1. The minimum absolute atomic E-state index is 0. The van der Waals surface area contributed by atoms with Crippen molar-refractivity contribution in [1.82, 2.24) is 0 Å². The lowest BCUT2D eigenvalue weighted by atomic mass is 9.99. The van der Waals surface area contributed by atoms with E-state index in [0.717, 1.165) is 22.4 Å². The molecular weight excluding hydrogens is 288 g/mol. The van der Waals surface area contributed by atoms with Crippen LogP contribution in [0.2, 0.25) is 0 Å². The second-order valence-corrected chi connectivity index (χ2v) is 4.52. The van der Waals surface area contributed by atoms with Crippen molar-refractivity contribution in [3.63, 3.8) is 0 Å². The molecule has 2 aromatic rings. The third-order valence-corrected chi connectivity index (χ3v) is 2.84. The number of hydrogen-bond acceptors (Lipinski definition) is 3. The molecule has 0 amide bonds. The van der Waals surface area contributed by atoms with Gasteiger partial charge >= 0.3 is 5.97 Å². The van der Waals surface area contributed by atoms with Crippen molar-refractivity contribution in [2.75, 3.05) is 5.73 Å². The van der Waals surface area contributed by atoms with Crippen LogP contribution >= 0.6 is 12.4 Å². The number of para-hydroxylation sites is 1. The van der Waals surface area contributed by atoms with Gasteiger partial charge < -0.3 is 16.6 Å². The van der Waals surface area contributed by atoms with Crippen LogP contribution in [0.15, 0.2) is 42.5 Å². The molecule has 0 saturated heterocycles. The maximum Gasteiger partial charge on any atom is 0.336 e. The predicted molar refractivity (Wildman–Crippen MR) is 88.9 cm³/mol. The summed E-state index contributed by atoms with van der Waals surface area (Å²) >= 11 is 0. The molecule has 0 heterocycles. The summed E-state index contributed by atoms with van der Waals surface area (Å²) in [4.78, 5) is 10.8. The largest absolute Gasteiger partial charge is 0.478 e. The quantitative estimate of drug-likeness (QED) is 0.743. The molecule has 0 aliphatic rings. The highest BCUT2D eigenvalue weighted by Crippen LogP contribution is 2.16. The zero-order chi connectivity index (χ0) is 15.1. The average molecular weight is 309 g/mol. The smallest absolute Gasteiger partial charge is 0.336 e. The van der Waals surface area contributed by atoms with E-state index < -0.39 is 5.97 Å². The van der Waals surface area contributed by atoms with E-state index in [9.17, 15) is 4.79 Å². The second-order valence-electron chi connectivity index (χ2n) is 4.52. The molecular formula is C16H21ClN2O2. The maximum atomic E-state index is 10.8. The fraction of sp³-hybridized carbons (Fsp3) is 0.188. The Balaban J connectivity index is 0.000000425. The number of halogens is 1. The summed E-state index contributed by atoms with van der Waals surface area (Å²) in [5, 5.41) is 8.88. The van der Waals surface area contributed by atoms with Gasteiger partial charge in [0.05, 0.1) is 5.56 Å². The van der Waals surface area contributed by atoms with Crippen LogP contribution in [0.3, 0.4) is 0 Å². The van der Waals surface area contributed by atoms with E-state index in [1.165, 1.54) is 0 Å². The first-order valence-electron chi connectivity index (χ1n) is 6.29. The summed E-state index contributed by atoms with van der Waals surface area (Å²) < 4.78 is 0. The molecule has 0 aliphatic carbocycles. The number of benzene rings is 2. The fourth-order valence-corrected chi connectivity index (χ4v) is 1.96. The minimum atomic E-state index is -0.876. The van der Waals surface area contributed by atoms with Crippen LogP contribution in [0.5, 0.6) is 0 Å². The zero-order valence-corrected chi connectivity index (χ0v) is 13.0. The molecule has 0 fully saturated rings. The lowest BCUT2D eigenvalue weighted by Crippen LogP contribution is -2.06. The Morgan fingerprint density at radius 1 is 1.10 bits per heavy atom. The van der Waals surface area contributed by atoms with Crippen LogP contribution in [0, 0.1) is 13.8 Å². The minimum Gasteiger partial charge on any atom is -0.478 e. The number of nitrogen functional groups attached to an aromatic ring is 1. The fourth-order valence-electron chi connectivity index (χ4n) is 1.96. The van der Waals surface area contributed by atoms with Crippen LogP contribution in [-0.4, -0.2) is 11.1 Å². The van der Waals surface area contributed by atoms with Gasteiger partial charge in [-0.1, -0.05) is 30.3 Å². The molecule has 0 radical (unpaired) electrons. The van der Waals surface area contributed by atoms with Crippen molar-refractivity contribution >= 4 is 24.1 Å². The Kier molecular flexibility index (Phi) is 8.12. The standard InChI is InChI=1S/C10H13NO2.C6H7N.ClH/c1-6-3-8(5-11)4-7(2)9(6)10(12)13;7-6-4-2-1-3-5-6;/h3-4H,5,11H2,1-2H3,(H,12,13);1-5H,7H2;1H. The van der Waals surface area contributed by atoms with Crippen LogP contribution in [0.1, 0.15) is 27.0 Å². The van der Waals surface area contributed by atoms with Crippen molar-refractivity contribution < 1.29 is 9.90 Å². The normalized spacial score (nSPS) is 9.10. The summed E-state index contributed by atoms with van der Waals surface area (Å²) in [6.45, 7) is 4.02. The molecule has 5 heteroatoms. The molecule has 0 atom stereocenters. The van der Waals surface area contributed by atoms with Gasteiger partial charge in [-0.25, -0.2) is 4.79 Å². The Morgan fingerprint density at radius 2 is 1.57 bits per heavy atom. The number of anilines is 1. The number of carboxylic acid groups (broad SMARTS) is 1. The Hall–Kier alpha value is -2.04. The number of carboxylic acids is 1. The van der Waals surface area contributed by atoms with E-state index in [0.29, 0.717) is 12.1 Å². The first-order valence-corrected chi connectivity index (χ1v) is 6.29. The maximum absolute atomic E-state index is 10.8. The van der Waals surface area contributed by atoms with Gasteiger partial charge in [0.1, 0.15) is 0 Å². The topological polar surface area (TPSA) is 89.3 Å². The first kappa shape index (κ1) is 19.0. The van der Waals surface area contributed by atoms with Gasteiger partial charge in [-0.15, -0.1) is 12.4 Å². The van der Waals surface area contributed by atoms with Gasteiger partial charge in [0.2, 0.25) is 0 Å². The second kappa shape index (κ2) is 9.00. The van der Waals surface area contributed by atoms with E-state index in [1.54, 1.807) is 13.8 Å². The summed E-state index contributed by atoms with van der Waals surface area (Å²) in [7, 11) is 0. The summed E-state index contributed by atoms with van der Waals surface area (Å²) in [5.41, 5.74) is 14.5. The lowest BCUT2D eigenvalue weighted by molar-refractivity contribution is 0.0695. The van der Waals surface area contributed by atoms with Crippen LogP contribution in [0.4, 0.5) is 5.69 Å². The molecule has 0 spiro atoms. The van der Waals surface area contributed by atoms with Crippen molar-refractivity contribution in [1.29, 1.82) is 0 Å². The molecule has 4 nitrogen and oxygen atoms in total. The molecule has 2 rings (SSSR count). The lowest BCUT2D eigenvalue weighted by Gasteiger charge is -2.07. The molecule has 5 N–H and O–H groups in total. The van der Waals surface area contributed by atoms with E-state index in [-0.39, 0.29) is 12.4 Å². The van der Waals surface area contributed by atoms with Crippen molar-refractivity contribution in [3.05, 3.63) is 64.7 Å². The van der Waals surface area contributed by atoms with Gasteiger partial charge in [-0.3, -0.25) is 0 Å². The predicted octanol–water partition coefficient (Wildman–Crippen LogP) is 3.15. The van der Waals surface area contributed by atoms with Gasteiger partial charge in [-0.05, 0) is 42.7 Å². The number of aromatic carboxylic acids is 1. The molecule has 0 bridgehead atoms. The van der Waals surface area contributed by atoms with Crippen LogP contribution in [-0.2, 0) is 6.54 Å². The van der Waals surface area contributed by atoms with Crippen LogP contribution in [0.25, 0.3) is 0 Å². The number of nitrogens with two attached hydrogens (primary N) is 2. The number of rotatable bonds is 2. The monoisotopic (exact) mass is 308 g/mol. The summed E-state index contributed by atoms with van der Waals surface area (Å²) in [5.74, 6) is -0.876.